The van der Waals surface area contributed by atoms with Crippen molar-refractivity contribution >= 4 is 18.5 Å². The number of halogens is 3. The number of likely N-dealkylation sites (tertiary alicyclic amines) is 1. The molecular weight excluding hydrogens is 397 g/mol. The fraction of sp³-hybridized carbons (Fsp3) is 0.409. The van der Waals surface area contributed by atoms with E-state index in [-0.39, 0.29) is 15.9 Å². The van der Waals surface area contributed by atoms with Crippen LogP contribution in [-0.4, -0.2) is 30.9 Å². The third-order valence-electron chi connectivity index (χ3n) is 5.27. The lowest BCUT2D eigenvalue weighted by Gasteiger charge is -2.49. The van der Waals surface area contributed by atoms with Crippen molar-refractivity contribution in [2.24, 2.45) is 5.41 Å². The Morgan fingerprint density at radius 2 is 1.76 bits per heavy atom. The van der Waals surface area contributed by atoms with Gasteiger partial charge in [-0.25, -0.2) is 0 Å². The maximum Gasteiger partial charge on any atom is 0.416 e. The minimum atomic E-state index is -4.48. The Bertz CT molecular complexity index is 899. The second-order valence-corrected chi connectivity index (χ2v) is 9.13. The number of likely N-dealkylation sites (N-methyl/N-ethyl adjacent to an activating group) is 1. The topological polar surface area (TPSA) is 32.3 Å². The number of hydrogen-bond acceptors (Lipinski definition) is 3. The van der Waals surface area contributed by atoms with Gasteiger partial charge in [-0.15, -0.1) is 12.6 Å². The Hall–Kier alpha value is -1.99. The summed E-state index contributed by atoms with van der Waals surface area (Å²) in [7, 11) is 2.01. The maximum atomic E-state index is 13.1. The van der Waals surface area contributed by atoms with Crippen molar-refractivity contribution in [1.82, 2.24) is 10.2 Å². The Morgan fingerprint density at radius 3 is 2.31 bits per heavy atom. The molecule has 1 aliphatic heterocycles. The van der Waals surface area contributed by atoms with Gasteiger partial charge in [0.15, 0.2) is 0 Å². The molecule has 7 heteroatoms. The SMILES string of the molecule is CN1CC(C)(C)CC(NC(=O)c2ccc(C(F)(F)F)cc2S)(c2ccccc2)C1. The first-order valence-electron chi connectivity index (χ1n) is 9.39. The molecule has 1 heterocycles. The van der Waals surface area contributed by atoms with Crippen LogP contribution < -0.4 is 5.32 Å². The highest BCUT2D eigenvalue weighted by molar-refractivity contribution is 7.80. The van der Waals surface area contributed by atoms with Crippen LogP contribution >= 0.6 is 12.6 Å². The first kappa shape index (κ1) is 21.7. The van der Waals surface area contributed by atoms with E-state index in [4.69, 9.17) is 0 Å². The highest BCUT2D eigenvalue weighted by Crippen LogP contribution is 2.41. The van der Waals surface area contributed by atoms with E-state index < -0.39 is 23.2 Å². The van der Waals surface area contributed by atoms with Crippen LogP contribution in [0.15, 0.2) is 53.4 Å². The lowest BCUT2D eigenvalue weighted by Crippen LogP contribution is -2.59. The van der Waals surface area contributed by atoms with Gasteiger partial charge in [0.25, 0.3) is 5.91 Å². The number of benzene rings is 2. The Balaban J connectivity index is 1.98. The van der Waals surface area contributed by atoms with Crippen LogP contribution in [0.1, 0.15) is 41.8 Å². The standard InChI is InChI=1S/C22H25F3N2OS/c1-20(2)12-21(14-27(3)13-20,15-7-5-4-6-8-15)26-19(28)17-10-9-16(11-18(17)29)22(23,24)25/h4-11,29H,12-14H2,1-3H3,(H,26,28). The lowest BCUT2D eigenvalue weighted by molar-refractivity contribution is -0.137. The van der Waals surface area contributed by atoms with Crippen molar-refractivity contribution < 1.29 is 18.0 Å². The number of rotatable bonds is 3. The first-order chi connectivity index (χ1) is 13.4. The van der Waals surface area contributed by atoms with Crippen molar-refractivity contribution in [2.75, 3.05) is 20.1 Å². The molecule has 1 fully saturated rings. The van der Waals surface area contributed by atoms with E-state index in [2.05, 4.69) is 36.7 Å². The van der Waals surface area contributed by atoms with Crippen molar-refractivity contribution in [3.05, 3.63) is 65.2 Å². The average molecular weight is 423 g/mol. The Labute approximate surface area is 174 Å². The van der Waals surface area contributed by atoms with E-state index >= 15 is 0 Å². The largest absolute Gasteiger partial charge is 0.416 e. The quantitative estimate of drug-likeness (QED) is 0.684. The molecule has 1 aliphatic rings. The van der Waals surface area contributed by atoms with Crippen LogP contribution in [0.5, 0.6) is 0 Å². The van der Waals surface area contributed by atoms with Crippen molar-refractivity contribution in [3.63, 3.8) is 0 Å². The van der Waals surface area contributed by atoms with Gasteiger partial charge in [0, 0.05) is 18.0 Å². The molecule has 1 saturated heterocycles. The molecule has 2 aromatic carbocycles. The predicted octanol–water partition coefficient (Wildman–Crippen LogP) is 4.98. The molecule has 1 atom stereocenters. The predicted molar refractivity (Wildman–Crippen MR) is 110 cm³/mol. The summed E-state index contributed by atoms with van der Waals surface area (Å²) in [5, 5.41) is 3.14. The summed E-state index contributed by atoms with van der Waals surface area (Å²) >= 11 is 4.15. The molecule has 3 rings (SSSR count). The van der Waals surface area contributed by atoms with Crippen molar-refractivity contribution in [2.45, 2.75) is 36.9 Å². The number of alkyl halides is 3. The number of piperidine rings is 1. The fourth-order valence-corrected chi connectivity index (χ4v) is 4.78. The first-order valence-corrected chi connectivity index (χ1v) is 9.83. The number of carbonyl (C=O) groups is 1. The molecule has 3 nitrogen and oxygen atoms in total. The summed E-state index contributed by atoms with van der Waals surface area (Å²) in [4.78, 5) is 15.3. The lowest BCUT2D eigenvalue weighted by atomic mass is 9.71. The number of amides is 1. The maximum absolute atomic E-state index is 13.1. The monoisotopic (exact) mass is 422 g/mol. The second-order valence-electron chi connectivity index (χ2n) is 8.65. The zero-order valence-electron chi connectivity index (χ0n) is 16.7. The summed E-state index contributed by atoms with van der Waals surface area (Å²) in [6.45, 7) is 5.79. The van der Waals surface area contributed by atoms with E-state index in [9.17, 15) is 18.0 Å². The molecule has 29 heavy (non-hydrogen) atoms. The third-order valence-corrected chi connectivity index (χ3v) is 5.64. The van der Waals surface area contributed by atoms with E-state index in [0.29, 0.717) is 13.0 Å². The highest BCUT2D eigenvalue weighted by Gasteiger charge is 2.44. The molecular formula is C22H25F3N2OS. The van der Waals surface area contributed by atoms with Gasteiger partial charge in [-0.05, 0) is 42.6 Å². The Kier molecular flexibility index (Phi) is 5.75. The molecule has 0 saturated carbocycles. The summed E-state index contributed by atoms with van der Waals surface area (Å²) in [6.07, 6.45) is -3.77. The molecule has 156 valence electrons. The van der Waals surface area contributed by atoms with E-state index in [0.717, 1.165) is 24.2 Å². The van der Waals surface area contributed by atoms with Crippen LogP contribution in [0.25, 0.3) is 0 Å². The molecule has 1 unspecified atom stereocenters. The molecule has 0 spiro atoms. The number of thiol groups is 1. The molecule has 0 aromatic heterocycles. The van der Waals surface area contributed by atoms with E-state index in [1.807, 2.05) is 37.4 Å². The van der Waals surface area contributed by atoms with Gasteiger partial charge in [0.1, 0.15) is 0 Å². The highest BCUT2D eigenvalue weighted by atomic mass is 32.1. The van der Waals surface area contributed by atoms with Gasteiger partial charge in [0.2, 0.25) is 0 Å². The van der Waals surface area contributed by atoms with Gasteiger partial charge < -0.3 is 10.2 Å². The van der Waals surface area contributed by atoms with Gasteiger partial charge in [-0.1, -0.05) is 44.2 Å². The number of hydrogen-bond donors (Lipinski definition) is 2. The summed E-state index contributed by atoms with van der Waals surface area (Å²) in [5.74, 6) is -0.432. The van der Waals surface area contributed by atoms with Crippen LogP contribution in [0.4, 0.5) is 13.2 Å². The molecule has 0 bridgehead atoms. The zero-order valence-corrected chi connectivity index (χ0v) is 17.6. The normalized spacial score (nSPS) is 22.3. The second kappa shape index (κ2) is 7.69. The van der Waals surface area contributed by atoms with Crippen LogP contribution in [-0.2, 0) is 11.7 Å². The van der Waals surface area contributed by atoms with Gasteiger partial charge >= 0.3 is 6.18 Å². The van der Waals surface area contributed by atoms with E-state index in [1.54, 1.807) is 0 Å². The van der Waals surface area contributed by atoms with Crippen LogP contribution in [0, 0.1) is 5.41 Å². The molecule has 1 amide bonds. The smallest absolute Gasteiger partial charge is 0.341 e. The molecule has 2 aromatic rings. The fourth-order valence-electron chi connectivity index (χ4n) is 4.47. The van der Waals surface area contributed by atoms with Crippen LogP contribution in [0.3, 0.4) is 0 Å². The van der Waals surface area contributed by atoms with Gasteiger partial charge in [-0.3, -0.25) is 4.79 Å². The summed E-state index contributed by atoms with van der Waals surface area (Å²) in [6, 6.07) is 12.7. The zero-order chi connectivity index (χ0) is 21.4. The minimum Gasteiger partial charge on any atom is -0.341 e. The molecule has 0 radical (unpaired) electrons. The Morgan fingerprint density at radius 1 is 1.10 bits per heavy atom. The number of nitrogens with one attached hydrogen (secondary N) is 1. The third kappa shape index (κ3) is 4.78. The van der Waals surface area contributed by atoms with E-state index in [1.165, 1.54) is 6.07 Å². The molecule has 0 aliphatic carbocycles. The van der Waals surface area contributed by atoms with Crippen molar-refractivity contribution in [1.29, 1.82) is 0 Å². The summed E-state index contributed by atoms with van der Waals surface area (Å²) in [5.41, 5.74) is -0.434. The molecule has 1 N–H and O–H groups in total. The van der Waals surface area contributed by atoms with Gasteiger partial charge in [-0.2, -0.15) is 13.2 Å². The van der Waals surface area contributed by atoms with Crippen molar-refractivity contribution in [3.8, 4) is 0 Å². The summed E-state index contributed by atoms with van der Waals surface area (Å²) < 4.78 is 38.8. The number of nitrogens with zero attached hydrogens (tertiary/aromatic N) is 1. The number of carbonyl (C=O) groups excluding carboxylic acids is 1. The van der Waals surface area contributed by atoms with Crippen LogP contribution in [0.2, 0.25) is 0 Å². The van der Waals surface area contributed by atoms with Gasteiger partial charge in [0.05, 0.1) is 16.7 Å². The minimum absolute atomic E-state index is 0.00367. The average Bonchev–Trinajstić information content (AvgIpc) is 2.59.